The maximum absolute atomic E-state index is 12.1. The van der Waals surface area contributed by atoms with Gasteiger partial charge in [-0.1, -0.05) is 13.0 Å². The van der Waals surface area contributed by atoms with Gasteiger partial charge in [0.05, 0.1) is 0 Å². The lowest BCUT2D eigenvalue weighted by atomic mass is 10.1. The highest BCUT2D eigenvalue weighted by Gasteiger charge is 2.24. The van der Waals surface area contributed by atoms with Gasteiger partial charge in [-0.3, -0.25) is 9.59 Å². The van der Waals surface area contributed by atoms with E-state index in [4.69, 9.17) is 9.84 Å². The Labute approximate surface area is 134 Å². The van der Waals surface area contributed by atoms with Crippen molar-refractivity contribution in [1.29, 1.82) is 0 Å². The molecule has 3 N–H and O–H groups in total. The third-order valence-electron chi connectivity index (χ3n) is 3.63. The van der Waals surface area contributed by atoms with Gasteiger partial charge in [0.1, 0.15) is 12.1 Å². The second-order valence-corrected chi connectivity index (χ2v) is 5.34. The van der Waals surface area contributed by atoms with E-state index in [1.807, 2.05) is 0 Å². The lowest BCUT2D eigenvalue weighted by molar-refractivity contribution is -0.139. The average Bonchev–Trinajstić information content (AvgIpc) is 3.06. The molecule has 1 aliphatic rings. The van der Waals surface area contributed by atoms with Crippen molar-refractivity contribution in [2.24, 2.45) is 0 Å². The topological polar surface area (TPSA) is 105 Å². The van der Waals surface area contributed by atoms with E-state index < -0.39 is 24.0 Å². The molecule has 7 heteroatoms. The summed E-state index contributed by atoms with van der Waals surface area (Å²) in [6, 6.07) is 5.43. The Balaban J connectivity index is 2.02. The number of hydrogen-bond acceptors (Lipinski definition) is 4. The molecule has 7 nitrogen and oxygen atoms in total. The summed E-state index contributed by atoms with van der Waals surface area (Å²) in [4.78, 5) is 35.1. The minimum absolute atomic E-state index is 0.239. The predicted molar refractivity (Wildman–Crippen MR) is 83.2 cm³/mol. The quantitative estimate of drug-likeness (QED) is 0.735. The van der Waals surface area contributed by atoms with E-state index in [1.54, 1.807) is 25.1 Å². The fourth-order valence-electron chi connectivity index (χ4n) is 2.33. The fraction of sp³-hybridized carbons (Fsp3) is 0.438. The molecule has 0 spiro atoms. The Kier molecular flexibility index (Phi) is 5.70. The van der Waals surface area contributed by atoms with Crippen LogP contribution < -0.4 is 10.6 Å². The highest BCUT2D eigenvalue weighted by molar-refractivity contribution is 5.99. The number of carboxylic acids is 1. The van der Waals surface area contributed by atoms with Gasteiger partial charge in [0.25, 0.3) is 11.8 Å². The highest BCUT2D eigenvalue weighted by Crippen LogP contribution is 2.16. The molecule has 0 aliphatic carbocycles. The average molecular weight is 320 g/mol. The van der Waals surface area contributed by atoms with Gasteiger partial charge in [0, 0.05) is 17.9 Å². The molecule has 0 aromatic heterocycles. The molecule has 1 heterocycles. The molecule has 2 unspecified atom stereocenters. The zero-order chi connectivity index (χ0) is 16.8. The van der Waals surface area contributed by atoms with Crippen LogP contribution in [0.15, 0.2) is 24.3 Å². The second kappa shape index (κ2) is 7.73. The summed E-state index contributed by atoms with van der Waals surface area (Å²) in [5.74, 6) is -1.81. The Morgan fingerprint density at radius 3 is 2.78 bits per heavy atom. The minimum Gasteiger partial charge on any atom is -0.480 e. The SMILES string of the molecule is CCC(NC(=O)c1cccc(NC(=O)C2CCCO2)c1)C(=O)O. The van der Waals surface area contributed by atoms with Crippen LogP contribution in [0.25, 0.3) is 0 Å². The van der Waals surface area contributed by atoms with Crippen LogP contribution in [0.3, 0.4) is 0 Å². The van der Waals surface area contributed by atoms with E-state index in [-0.39, 0.29) is 17.9 Å². The zero-order valence-corrected chi connectivity index (χ0v) is 12.9. The molecule has 2 rings (SSSR count). The first-order valence-electron chi connectivity index (χ1n) is 7.57. The van der Waals surface area contributed by atoms with Gasteiger partial charge in [0.2, 0.25) is 0 Å². The molecule has 1 saturated heterocycles. The van der Waals surface area contributed by atoms with Crippen molar-refractivity contribution < 1.29 is 24.2 Å². The number of amides is 2. The molecule has 1 aliphatic heterocycles. The van der Waals surface area contributed by atoms with E-state index in [2.05, 4.69) is 10.6 Å². The summed E-state index contributed by atoms with van der Waals surface area (Å²) in [6.45, 7) is 2.26. The Hall–Kier alpha value is -2.41. The van der Waals surface area contributed by atoms with Crippen LogP contribution in [0.4, 0.5) is 5.69 Å². The van der Waals surface area contributed by atoms with Gasteiger partial charge in [-0.2, -0.15) is 0 Å². The number of carbonyl (C=O) groups is 3. The van der Waals surface area contributed by atoms with Crippen molar-refractivity contribution in [3.63, 3.8) is 0 Å². The smallest absolute Gasteiger partial charge is 0.326 e. The van der Waals surface area contributed by atoms with Crippen LogP contribution in [0.2, 0.25) is 0 Å². The number of hydrogen-bond donors (Lipinski definition) is 3. The molecule has 2 atom stereocenters. The van der Waals surface area contributed by atoms with Crippen LogP contribution in [-0.2, 0) is 14.3 Å². The second-order valence-electron chi connectivity index (χ2n) is 5.34. The highest BCUT2D eigenvalue weighted by atomic mass is 16.5. The van der Waals surface area contributed by atoms with Gasteiger partial charge < -0.3 is 20.5 Å². The molecular formula is C16H20N2O5. The predicted octanol–water partition coefficient (Wildman–Crippen LogP) is 1.40. The molecule has 1 aromatic carbocycles. The normalized spacial score (nSPS) is 18.2. The summed E-state index contributed by atoms with van der Waals surface area (Å²) >= 11 is 0. The Morgan fingerprint density at radius 2 is 2.17 bits per heavy atom. The van der Waals surface area contributed by atoms with Crippen LogP contribution in [0.1, 0.15) is 36.5 Å². The van der Waals surface area contributed by atoms with Crippen molar-refractivity contribution in [3.05, 3.63) is 29.8 Å². The van der Waals surface area contributed by atoms with Crippen molar-refractivity contribution >= 4 is 23.5 Å². The monoisotopic (exact) mass is 320 g/mol. The van der Waals surface area contributed by atoms with Crippen molar-refractivity contribution in [2.45, 2.75) is 38.3 Å². The van der Waals surface area contributed by atoms with Crippen molar-refractivity contribution in [2.75, 3.05) is 11.9 Å². The van der Waals surface area contributed by atoms with Gasteiger partial charge >= 0.3 is 5.97 Å². The molecule has 124 valence electrons. The molecule has 0 bridgehead atoms. The summed E-state index contributed by atoms with van der Waals surface area (Å²) in [7, 11) is 0. The van der Waals surface area contributed by atoms with E-state index in [0.29, 0.717) is 18.7 Å². The number of anilines is 1. The summed E-state index contributed by atoms with van der Waals surface area (Å²) in [5, 5.41) is 14.1. The largest absolute Gasteiger partial charge is 0.480 e. The van der Waals surface area contributed by atoms with Gasteiger partial charge in [-0.15, -0.1) is 0 Å². The first kappa shape index (κ1) is 17.0. The van der Waals surface area contributed by atoms with Gasteiger partial charge in [-0.25, -0.2) is 4.79 Å². The molecule has 0 saturated carbocycles. The number of carboxylic acid groups (broad SMARTS) is 1. The molecule has 23 heavy (non-hydrogen) atoms. The summed E-state index contributed by atoms with van der Waals surface area (Å²) < 4.78 is 5.30. The number of aliphatic carboxylic acids is 1. The third-order valence-corrected chi connectivity index (χ3v) is 3.63. The summed E-state index contributed by atoms with van der Waals surface area (Å²) in [6.07, 6.45) is 1.37. The van der Waals surface area contributed by atoms with Gasteiger partial charge in [0.15, 0.2) is 0 Å². The molecular weight excluding hydrogens is 300 g/mol. The molecule has 2 amide bonds. The lowest BCUT2D eigenvalue weighted by Gasteiger charge is -2.14. The number of rotatable bonds is 6. The number of ether oxygens (including phenoxy) is 1. The van der Waals surface area contributed by atoms with Crippen molar-refractivity contribution in [1.82, 2.24) is 5.32 Å². The maximum atomic E-state index is 12.1. The van der Waals surface area contributed by atoms with Crippen LogP contribution in [-0.4, -0.2) is 41.6 Å². The molecule has 1 aromatic rings. The van der Waals surface area contributed by atoms with Crippen molar-refractivity contribution in [3.8, 4) is 0 Å². The maximum Gasteiger partial charge on any atom is 0.326 e. The molecule has 1 fully saturated rings. The van der Waals surface area contributed by atoms with Crippen LogP contribution in [0.5, 0.6) is 0 Å². The van der Waals surface area contributed by atoms with E-state index in [9.17, 15) is 14.4 Å². The number of carbonyl (C=O) groups excluding carboxylic acids is 2. The Bertz CT molecular complexity index is 596. The first-order chi connectivity index (χ1) is 11.0. The van der Waals surface area contributed by atoms with E-state index in [1.165, 1.54) is 6.07 Å². The zero-order valence-electron chi connectivity index (χ0n) is 12.9. The standard InChI is InChI=1S/C16H20N2O5/c1-2-12(16(21)22)18-14(19)10-5-3-6-11(9-10)17-15(20)13-7-4-8-23-13/h3,5-6,9,12-13H,2,4,7-8H2,1H3,(H,17,20)(H,18,19)(H,21,22). The van der Waals surface area contributed by atoms with Crippen LogP contribution >= 0.6 is 0 Å². The van der Waals surface area contributed by atoms with Crippen LogP contribution in [0, 0.1) is 0 Å². The minimum atomic E-state index is -1.08. The first-order valence-corrected chi connectivity index (χ1v) is 7.57. The van der Waals surface area contributed by atoms with E-state index in [0.717, 1.165) is 6.42 Å². The molecule has 0 radical (unpaired) electrons. The third kappa shape index (κ3) is 4.53. The summed E-state index contributed by atoms with van der Waals surface area (Å²) in [5.41, 5.74) is 0.761. The van der Waals surface area contributed by atoms with Gasteiger partial charge in [-0.05, 0) is 37.5 Å². The van der Waals surface area contributed by atoms with E-state index >= 15 is 0 Å². The fourth-order valence-corrected chi connectivity index (χ4v) is 2.33. The number of nitrogens with one attached hydrogen (secondary N) is 2. The Morgan fingerprint density at radius 1 is 1.39 bits per heavy atom. The lowest BCUT2D eigenvalue weighted by Crippen LogP contribution is -2.40. The number of benzene rings is 1.